The topological polar surface area (TPSA) is 72.4 Å². The highest BCUT2D eigenvalue weighted by molar-refractivity contribution is 5.43. The van der Waals surface area contributed by atoms with Crippen LogP contribution in [-0.4, -0.2) is 30.0 Å². The predicted molar refractivity (Wildman–Crippen MR) is 67.9 cm³/mol. The molecule has 5 heteroatoms. The molecule has 1 unspecified atom stereocenters. The lowest BCUT2D eigenvalue weighted by molar-refractivity contribution is -0.385. The Balaban J connectivity index is 2.99. The van der Waals surface area contributed by atoms with E-state index in [1.807, 2.05) is 20.0 Å². The number of nitro groups is 1. The molecule has 0 saturated heterocycles. The minimum Gasteiger partial charge on any atom is -0.329 e. The summed E-state index contributed by atoms with van der Waals surface area (Å²) in [5, 5.41) is 10.9. The van der Waals surface area contributed by atoms with Crippen molar-refractivity contribution < 1.29 is 4.92 Å². The maximum Gasteiger partial charge on any atom is 0.272 e. The average molecular weight is 237 g/mol. The van der Waals surface area contributed by atoms with E-state index in [1.54, 1.807) is 19.1 Å². The van der Waals surface area contributed by atoms with Gasteiger partial charge in [-0.25, -0.2) is 0 Å². The Kier molecular flexibility index (Phi) is 4.60. The van der Waals surface area contributed by atoms with Gasteiger partial charge in [0.2, 0.25) is 0 Å². The Labute approximate surface area is 101 Å². The molecule has 17 heavy (non-hydrogen) atoms. The quantitative estimate of drug-likeness (QED) is 0.626. The number of nitro benzene ring substituents is 1. The van der Waals surface area contributed by atoms with Crippen molar-refractivity contribution in [1.82, 2.24) is 4.90 Å². The van der Waals surface area contributed by atoms with E-state index < -0.39 is 0 Å². The van der Waals surface area contributed by atoms with Crippen molar-refractivity contribution >= 4 is 5.69 Å². The minimum atomic E-state index is -0.339. The second-order valence-corrected chi connectivity index (χ2v) is 4.25. The fourth-order valence-corrected chi connectivity index (χ4v) is 1.73. The van der Waals surface area contributed by atoms with Gasteiger partial charge in [0.1, 0.15) is 0 Å². The molecule has 0 radical (unpaired) electrons. The second-order valence-electron chi connectivity index (χ2n) is 4.25. The summed E-state index contributed by atoms with van der Waals surface area (Å²) >= 11 is 0. The Morgan fingerprint density at radius 3 is 2.71 bits per heavy atom. The Morgan fingerprint density at radius 2 is 2.18 bits per heavy atom. The van der Waals surface area contributed by atoms with Crippen LogP contribution < -0.4 is 5.73 Å². The van der Waals surface area contributed by atoms with E-state index in [2.05, 4.69) is 4.90 Å². The van der Waals surface area contributed by atoms with Crippen molar-refractivity contribution in [3.63, 3.8) is 0 Å². The predicted octanol–water partition coefficient (Wildman–Crippen LogP) is 1.85. The molecule has 1 rings (SSSR count). The third-order valence-corrected chi connectivity index (χ3v) is 3.06. The molecule has 0 aliphatic heterocycles. The molecule has 2 N–H and O–H groups in total. The number of aryl methyl sites for hydroxylation is 1. The molecule has 0 aromatic heterocycles. The molecule has 0 spiro atoms. The van der Waals surface area contributed by atoms with Crippen LogP contribution in [0.1, 0.15) is 24.1 Å². The van der Waals surface area contributed by atoms with E-state index in [0.29, 0.717) is 12.1 Å². The van der Waals surface area contributed by atoms with Crippen molar-refractivity contribution in [2.24, 2.45) is 5.73 Å². The van der Waals surface area contributed by atoms with Gasteiger partial charge in [-0.05, 0) is 26.5 Å². The highest BCUT2D eigenvalue weighted by Gasteiger charge is 2.16. The van der Waals surface area contributed by atoms with Crippen molar-refractivity contribution in [1.29, 1.82) is 0 Å². The summed E-state index contributed by atoms with van der Waals surface area (Å²) in [6.07, 6.45) is 0. The van der Waals surface area contributed by atoms with Gasteiger partial charge < -0.3 is 5.73 Å². The molecule has 5 nitrogen and oxygen atoms in total. The molecule has 0 fully saturated rings. The standard InChI is InChI=1S/C12H19N3O2/c1-9-4-5-11(8-12(9)15(16)17)10(2)14(3)7-6-13/h4-5,8,10H,6-7,13H2,1-3H3. The van der Waals surface area contributed by atoms with Gasteiger partial charge in [-0.1, -0.05) is 12.1 Å². The summed E-state index contributed by atoms with van der Waals surface area (Å²) < 4.78 is 0. The lowest BCUT2D eigenvalue weighted by atomic mass is 10.0. The molecule has 94 valence electrons. The Bertz CT molecular complexity index is 407. The lowest BCUT2D eigenvalue weighted by Crippen LogP contribution is -2.28. The summed E-state index contributed by atoms with van der Waals surface area (Å²) in [4.78, 5) is 12.6. The number of likely N-dealkylation sites (N-methyl/N-ethyl adjacent to an activating group) is 1. The van der Waals surface area contributed by atoms with Crippen LogP contribution in [0.25, 0.3) is 0 Å². The van der Waals surface area contributed by atoms with Gasteiger partial charge in [-0.15, -0.1) is 0 Å². The van der Waals surface area contributed by atoms with Gasteiger partial charge >= 0.3 is 0 Å². The molecule has 0 aliphatic rings. The first-order valence-corrected chi connectivity index (χ1v) is 5.62. The first kappa shape index (κ1) is 13.6. The van der Waals surface area contributed by atoms with Crippen LogP contribution in [0, 0.1) is 17.0 Å². The van der Waals surface area contributed by atoms with Gasteiger partial charge in [-0.2, -0.15) is 0 Å². The summed E-state index contributed by atoms with van der Waals surface area (Å²) in [6.45, 7) is 5.11. The zero-order valence-electron chi connectivity index (χ0n) is 10.5. The normalized spacial score (nSPS) is 12.8. The molecule has 1 aromatic rings. The summed E-state index contributed by atoms with van der Waals surface area (Å²) in [5.41, 5.74) is 7.30. The number of rotatable bonds is 5. The van der Waals surface area contributed by atoms with Crippen molar-refractivity contribution in [2.75, 3.05) is 20.1 Å². The van der Waals surface area contributed by atoms with E-state index in [-0.39, 0.29) is 16.7 Å². The van der Waals surface area contributed by atoms with Crippen LogP contribution in [0.15, 0.2) is 18.2 Å². The van der Waals surface area contributed by atoms with Crippen molar-refractivity contribution in [2.45, 2.75) is 19.9 Å². The van der Waals surface area contributed by atoms with Crippen molar-refractivity contribution in [3.05, 3.63) is 39.4 Å². The van der Waals surface area contributed by atoms with Gasteiger partial charge in [0.05, 0.1) is 4.92 Å². The fourth-order valence-electron chi connectivity index (χ4n) is 1.73. The van der Waals surface area contributed by atoms with Gasteiger partial charge in [-0.3, -0.25) is 15.0 Å². The van der Waals surface area contributed by atoms with Crippen LogP contribution in [0.5, 0.6) is 0 Å². The average Bonchev–Trinajstić information content (AvgIpc) is 2.28. The zero-order valence-corrected chi connectivity index (χ0v) is 10.5. The zero-order chi connectivity index (χ0) is 13.0. The smallest absolute Gasteiger partial charge is 0.272 e. The monoisotopic (exact) mass is 237 g/mol. The third-order valence-electron chi connectivity index (χ3n) is 3.06. The number of hydrogen-bond acceptors (Lipinski definition) is 4. The Hall–Kier alpha value is -1.46. The first-order chi connectivity index (χ1) is 7.97. The van der Waals surface area contributed by atoms with Crippen molar-refractivity contribution in [3.8, 4) is 0 Å². The Morgan fingerprint density at radius 1 is 1.53 bits per heavy atom. The van der Waals surface area contributed by atoms with Crippen LogP contribution in [0.2, 0.25) is 0 Å². The largest absolute Gasteiger partial charge is 0.329 e. The van der Waals surface area contributed by atoms with E-state index in [0.717, 1.165) is 12.1 Å². The highest BCUT2D eigenvalue weighted by atomic mass is 16.6. The lowest BCUT2D eigenvalue weighted by Gasteiger charge is -2.24. The van der Waals surface area contributed by atoms with E-state index in [9.17, 15) is 10.1 Å². The second kappa shape index (κ2) is 5.75. The van der Waals surface area contributed by atoms with Gasteiger partial charge in [0.15, 0.2) is 0 Å². The van der Waals surface area contributed by atoms with Crippen LogP contribution in [0.4, 0.5) is 5.69 Å². The molecule has 0 bridgehead atoms. The highest BCUT2D eigenvalue weighted by Crippen LogP contribution is 2.25. The molecule has 0 amide bonds. The van der Waals surface area contributed by atoms with Crippen LogP contribution in [0.3, 0.4) is 0 Å². The maximum absolute atomic E-state index is 10.9. The number of benzene rings is 1. The summed E-state index contributed by atoms with van der Waals surface area (Å²) in [6, 6.07) is 5.49. The van der Waals surface area contributed by atoms with E-state index in [1.165, 1.54) is 0 Å². The van der Waals surface area contributed by atoms with Gasteiger partial charge in [0, 0.05) is 30.8 Å². The molecule has 0 aliphatic carbocycles. The third kappa shape index (κ3) is 3.25. The molecule has 0 heterocycles. The maximum atomic E-state index is 10.9. The fraction of sp³-hybridized carbons (Fsp3) is 0.500. The summed E-state index contributed by atoms with van der Waals surface area (Å²) in [5.74, 6) is 0. The van der Waals surface area contributed by atoms with E-state index >= 15 is 0 Å². The van der Waals surface area contributed by atoms with Crippen LogP contribution >= 0.6 is 0 Å². The van der Waals surface area contributed by atoms with E-state index in [4.69, 9.17) is 5.73 Å². The molecule has 1 aromatic carbocycles. The number of nitrogens with zero attached hydrogens (tertiary/aromatic N) is 2. The number of hydrogen-bond donors (Lipinski definition) is 1. The molecular weight excluding hydrogens is 218 g/mol. The molecular formula is C12H19N3O2. The SMILES string of the molecule is Cc1ccc(C(C)N(C)CCN)cc1[N+](=O)[O-]. The molecule has 0 saturated carbocycles. The van der Waals surface area contributed by atoms with Gasteiger partial charge in [0.25, 0.3) is 5.69 Å². The molecule has 1 atom stereocenters. The minimum absolute atomic E-state index is 0.123. The number of nitrogens with two attached hydrogens (primary N) is 1. The summed E-state index contributed by atoms with van der Waals surface area (Å²) in [7, 11) is 1.96. The first-order valence-electron chi connectivity index (χ1n) is 5.62. The van der Waals surface area contributed by atoms with Crippen LogP contribution in [-0.2, 0) is 0 Å².